The fourth-order valence-electron chi connectivity index (χ4n) is 3.34. The van der Waals surface area contributed by atoms with Gasteiger partial charge in [-0.05, 0) is 56.3 Å². The molecular formula is C19H17ClN2. The van der Waals surface area contributed by atoms with E-state index in [1.54, 1.807) is 0 Å². The summed E-state index contributed by atoms with van der Waals surface area (Å²) in [6.07, 6.45) is 0. The van der Waals surface area contributed by atoms with Crippen LogP contribution in [0, 0.1) is 13.8 Å². The van der Waals surface area contributed by atoms with E-state index in [2.05, 4.69) is 66.4 Å². The molecule has 0 aliphatic carbocycles. The van der Waals surface area contributed by atoms with Crippen LogP contribution in [0.1, 0.15) is 11.4 Å². The predicted molar refractivity (Wildman–Crippen MR) is 94.2 cm³/mol. The highest BCUT2D eigenvalue weighted by atomic mass is 35.5. The van der Waals surface area contributed by atoms with E-state index in [1.807, 2.05) is 12.1 Å². The van der Waals surface area contributed by atoms with Crippen LogP contribution in [0.5, 0.6) is 0 Å². The molecule has 0 atom stereocenters. The van der Waals surface area contributed by atoms with Crippen molar-refractivity contribution in [3.8, 4) is 5.69 Å². The molecule has 0 fully saturated rings. The number of fused-ring (bicyclic) bond motifs is 3. The van der Waals surface area contributed by atoms with Gasteiger partial charge in [-0.2, -0.15) is 0 Å². The Balaban J connectivity index is 2.10. The molecule has 0 aliphatic rings. The minimum Gasteiger partial charge on any atom is -0.347 e. The molecule has 0 saturated carbocycles. The number of nitrogens with zero attached hydrogens (tertiary/aromatic N) is 2. The summed E-state index contributed by atoms with van der Waals surface area (Å²) in [5.74, 6) is 0. The van der Waals surface area contributed by atoms with Gasteiger partial charge < -0.3 is 9.13 Å². The quantitative estimate of drug-likeness (QED) is 0.446. The first-order chi connectivity index (χ1) is 10.6. The summed E-state index contributed by atoms with van der Waals surface area (Å²) >= 11 is 6.02. The van der Waals surface area contributed by atoms with Crippen molar-refractivity contribution in [2.45, 2.75) is 13.8 Å². The molecule has 0 saturated heterocycles. The first-order valence-corrected chi connectivity index (χ1v) is 7.77. The topological polar surface area (TPSA) is 9.86 Å². The Morgan fingerprint density at radius 3 is 2.32 bits per heavy atom. The second kappa shape index (κ2) is 4.65. The first-order valence-electron chi connectivity index (χ1n) is 7.39. The Labute approximate surface area is 134 Å². The van der Waals surface area contributed by atoms with E-state index in [0.29, 0.717) is 0 Å². The molecular weight excluding hydrogens is 292 g/mol. The molecule has 2 aromatic heterocycles. The van der Waals surface area contributed by atoms with Gasteiger partial charge in [0, 0.05) is 39.9 Å². The molecule has 3 heteroatoms. The summed E-state index contributed by atoms with van der Waals surface area (Å²) < 4.78 is 4.55. The summed E-state index contributed by atoms with van der Waals surface area (Å²) in [6.45, 7) is 4.30. The number of halogens is 1. The van der Waals surface area contributed by atoms with Crippen LogP contribution in [-0.2, 0) is 7.05 Å². The van der Waals surface area contributed by atoms with E-state index in [1.165, 1.54) is 33.2 Å². The first kappa shape index (κ1) is 13.5. The predicted octanol–water partition coefficient (Wildman–Crippen LogP) is 5.39. The second-order valence-electron chi connectivity index (χ2n) is 5.88. The molecule has 0 unspecified atom stereocenters. The average molecular weight is 309 g/mol. The highest BCUT2D eigenvalue weighted by molar-refractivity contribution is 6.30. The van der Waals surface area contributed by atoms with E-state index < -0.39 is 0 Å². The van der Waals surface area contributed by atoms with Gasteiger partial charge in [0.2, 0.25) is 0 Å². The molecule has 0 bridgehead atoms. The Morgan fingerprint density at radius 1 is 0.864 bits per heavy atom. The number of rotatable bonds is 1. The smallest absolute Gasteiger partial charge is 0.0575 e. The zero-order valence-electron chi connectivity index (χ0n) is 12.9. The maximum absolute atomic E-state index is 6.02. The summed E-state index contributed by atoms with van der Waals surface area (Å²) in [5, 5.41) is 3.35. The van der Waals surface area contributed by atoms with Crippen molar-refractivity contribution in [1.82, 2.24) is 9.13 Å². The van der Waals surface area contributed by atoms with E-state index in [4.69, 9.17) is 11.6 Å². The van der Waals surface area contributed by atoms with Crippen molar-refractivity contribution in [2.24, 2.45) is 7.05 Å². The van der Waals surface area contributed by atoms with Crippen molar-refractivity contribution >= 4 is 33.4 Å². The van der Waals surface area contributed by atoms with Gasteiger partial charge in [-0.15, -0.1) is 0 Å². The monoisotopic (exact) mass is 308 g/mol. The molecule has 0 aliphatic heterocycles. The third-order valence-electron chi connectivity index (χ3n) is 4.49. The number of hydrogen-bond donors (Lipinski definition) is 0. The van der Waals surface area contributed by atoms with Gasteiger partial charge in [-0.3, -0.25) is 0 Å². The lowest BCUT2D eigenvalue weighted by Crippen LogP contribution is -1.95. The van der Waals surface area contributed by atoms with Gasteiger partial charge in [0.1, 0.15) is 0 Å². The molecule has 4 aromatic rings. The molecule has 0 radical (unpaired) electrons. The highest BCUT2D eigenvalue weighted by Crippen LogP contribution is 2.32. The van der Waals surface area contributed by atoms with Gasteiger partial charge in [-0.1, -0.05) is 17.7 Å². The molecule has 2 aromatic carbocycles. The Hall–Kier alpha value is -2.19. The van der Waals surface area contributed by atoms with Crippen LogP contribution in [0.2, 0.25) is 5.02 Å². The lowest BCUT2D eigenvalue weighted by atomic mass is 10.2. The molecule has 2 heterocycles. The second-order valence-corrected chi connectivity index (χ2v) is 6.31. The van der Waals surface area contributed by atoms with E-state index >= 15 is 0 Å². The summed E-state index contributed by atoms with van der Waals surface area (Å²) in [5.41, 5.74) is 6.17. The van der Waals surface area contributed by atoms with Gasteiger partial charge in [0.25, 0.3) is 0 Å². The van der Waals surface area contributed by atoms with Gasteiger partial charge >= 0.3 is 0 Å². The Morgan fingerprint density at radius 2 is 1.59 bits per heavy atom. The minimum absolute atomic E-state index is 0.762. The van der Waals surface area contributed by atoms with Crippen LogP contribution in [-0.4, -0.2) is 9.13 Å². The summed E-state index contributed by atoms with van der Waals surface area (Å²) in [4.78, 5) is 0. The Bertz CT molecular complexity index is 1000. The van der Waals surface area contributed by atoms with Crippen molar-refractivity contribution in [3.05, 3.63) is 64.9 Å². The Kier molecular flexibility index (Phi) is 2.85. The molecule has 0 N–H and O–H groups in total. The molecule has 0 amide bonds. The summed E-state index contributed by atoms with van der Waals surface area (Å²) in [7, 11) is 2.13. The van der Waals surface area contributed by atoms with Crippen LogP contribution < -0.4 is 0 Å². The van der Waals surface area contributed by atoms with E-state index in [0.717, 1.165) is 10.7 Å². The largest absolute Gasteiger partial charge is 0.347 e. The van der Waals surface area contributed by atoms with Crippen molar-refractivity contribution < 1.29 is 0 Å². The van der Waals surface area contributed by atoms with Gasteiger partial charge in [0.15, 0.2) is 0 Å². The standard InChI is InChI=1S/C19H17ClN2/c1-12-10-14-4-9-18-17(19(14)21(12)3)11-13(2)22(18)16-7-5-15(20)6-8-16/h4-11H,1-3H3. The molecule has 110 valence electrons. The highest BCUT2D eigenvalue weighted by Gasteiger charge is 2.13. The molecule has 22 heavy (non-hydrogen) atoms. The number of aryl methyl sites for hydroxylation is 3. The van der Waals surface area contributed by atoms with Crippen molar-refractivity contribution in [2.75, 3.05) is 0 Å². The lowest BCUT2D eigenvalue weighted by Gasteiger charge is -2.09. The van der Waals surface area contributed by atoms with Crippen molar-refractivity contribution in [1.29, 1.82) is 0 Å². The molecule has 4 rings (SSSR count). The summed E-state index contributed by atoms with van der Waals surface area (Å²) in [6, 6.07) is 16.9. The average Bonchev–Trinajstić information content (AvgIpc) is 2.97. The number of aromatic nitrogens is 2. The zero-order valence-corrected chi connectivity index (χ0v) is 13.6. The maximum Gasteiger partial charge on any atom is 0.0575 e. The number of benzene rings is 2. The van der Waals surface area contributed by atoms with Crippen LogP contribution >= 0.6 is 11.6 Å². The molecule has 2 nitrogen and oxygen atoms in total. The fourth-order valence-corrected chi connectivity index (χ4v) is 3.46. The van der Waals surface area contributed by atoms with Crippen LogP contribution in [0.3, 0.4) is 0 Å². The third kappa shape index (κ3) is 1.80. The lowest BCUT2D eigenvalue weighted by molar-refractivity contribution is 0.921. The van der Waals surface area contributed by atoms with E-state index in [9.17, 15) is 0 Å². The third-order valence-corrected chi connectivity index (χ3v) is 4.74. The van der Waals surface area contributed by atoms with E-state index in [-0.39, 0.29) is 0 Å². The fraction of sp³-hybridized carbons (Fsp3) is 0.158. The van der Waals surface area contributed by atoms with Crippen molar-refractivity contribution in [3.63, 3.8) is 0 Å². The van der Waals surface area contributed by atoms with Gasteiger partial charge in [-0.25, -0.2) is 0 Å². The minimum atomic E-state index is 0.762. The van der Waals surface area contributed by atoms with Crippen LogP contribution in [0.4, 0.5) is 0 Å². The normalized spacial score (nSPS) is 11.6. The maximum atomic E-state index is 6.02. The van der Waals surface area contributed by atoms with Gasteiger partial charge in [0.05, 0.1) is 11.0 Å². The number of hydrogen-bond acceptors (Lipinski definition) is 0. The SMILES string of the molecule is Cc1cc2ccc3c(cc(C)n3-c3ccc(Cl)cc3)c2n1C. The molecule has 0 spiro atoms. The van der Waals surface area contributed by atoms with Crippen LogP contribution in [0.25, 0.3) is 27.5 Å². The zero-order chi connectivity index (χ0) is 15.4. The van der Waals surface area contributed by atoms with Crippen LogP contribution in [0.15, 0.2) is 48.5 Å².